The van der Waals surface area contributed by atoms with Gasteiger partial charge in [0.25, 0.3) is 0 Å². The summed E-state index contributed by atoms with van der Waals surface area (Å²) in [7, 11) is 0. The van der Waals surface area contributed by atoms with Gasteiger partial charge in [-0.3, -0.25) is 14.3 Å². The molecule has 0 amide bonds. The van der Waals surface area contributed by atoms with Crippen molar-refractivity contribution in [3.05, 3.63) is 121 Å². The van der Waals surface area contributed by atoms with Gasteiger partial charge in [0.2, 0.25) is 0 Å². The highest BCUT2D eigenvalue weighted by molar-refractivity contribution is 6.26. The Kier molecular flexibility index (Phi) is 4.59. The summed E-state index contributed by atoms with van der Waals surface area (Å²) >= 11 is 0. The Hall–Kier alpha value is -4.57. The largest absolute Gasteiger partial charge is 0.294 e. The number of aromatic nitrogens is 3. The minimum atomic E-state index is 0.00399. The van der Waals surface area contributed by atoms with Crippen LogP contribution in [0.5, 0.6) is 0 Å². The number of rotatable bonds is 3. The summed E-state index contributed by atoms with van der Waals surface area (Å²) in [5.74, 6) is 0.771. The van der Waals surface area contributed by atoms with Gasteiger partial charge >= 0.3 is 0 Å². The molecule has 0 saturated heterocycles. The number of Topliss-reactive ketones (excluding diaryl/α,β-unsaturated/α-hetero) is 1. The van der Waals surface area contributed by atoms with Crippen molar-refractivity contribution >= 4 is 33.2 Å². The molecule has 34 heavy (non-hydrogen) atoms. The van der Waals surface area contributed by atoms with Crippen LogP contribution in [0, 0.1) is 0 Å². The normalized spacial score (nSPS) is 15.5. The minimum absolute atomic E-state index is 0.00399. The summed E-state index contributed by atoms with van der Waals surface area (Å²) in [6, 6.07) is 24.5. The molecule has 4 nitrogen and oxygen atoms in total. The molecule has 2 aromatic carbocycles. The molecule has 0 fully saturated rings. The van der Waals surface area contributed by atoms with Crippen molar-refractivity contribution in [1.29, 1.82) is 0 Å². The van der Waals surface area contributed by atoms with E-state index in [0.29, 0.717) is 16.8 Å². The van der Waals surface area contributed by atoms with E-state index < -0.39 is 0 Å². The van der Waals surface area contributed by atoms with Gasteiger partial charge in [-0.25, -0.2) is 4.98 Å². The maximum Gasteiger partial charge on any atom is 0.195 e. The number of hydrogen-bond acceptors (Lipinski definition) is 3. The zero-order valence-corrected chi connectivity index (χ0v) is 18.7. The molecule has 162 valence electrons. The number of fused-ring (bicyclic) bond motifs is 4. The van der Waals surface area contributed by atoms with Crippen molar-refractivity contribution < 1.29 is 4.79 Å². The second-order valence-electron chi connectivity index (χ2n) is 8.21. The number of para-hydroxylation sites is 1. The van der Waals surface area contributed by atoms with Crippen LogP contribution < -0.4 is 0 Å². The molecule has 0 atom stereocenters. The molecular formula is C30H21N3O. The average molecular weight is 440 g/mol. The number of ketones is 1. The summed E-state index contributed by atoms with van der Waals surface area (Å²) in [5.41, 5.74) is 6.87. The zero-order valence-electron chi connectivity index (χ0n) is 18.7. The smallest absolute Gasteiger partial charge is 0.195 e. The van der Waals surface area contributed by atoms with Gasteiger partial charge < -0.3 is 0 Å². The van der Waals surface area contributed by atoms with Crippen LogP contribution in [0.2, 0.25) is 0 Å². The molecule has 5 aromatic rings. The molecular weight excluding hydrogens is 418 g/mol. The van der Waals surface area contributed by atoms with Crippen molar-refractivity contribution in [1.82, 2.24) is 14.5 Å². The monoisotopic (exact) mass is 439 g/mol. The van der Waals surface area contributed by atoms with Crippen molar-refractivity contribution in [2.45, 2.75) is 6.92 Å². The van der Waals surface area contributed by atoms with Gasteiger partial charge in [-0.15, -0.1) is 0 Å². The lowest BCUT2D eigenvalue weighted by molar-refractivity contribution is 0.104. The number of pyridine rings is 2. The van der Waals surface area contributed by atoms with Gasteiger partial charge in [0.15, 0.2) is 5.78 Å². The van der Waals surface area contributed by atoms with E-state index in [1.807, 2.05) is 55.5 Å². The molecule has 0 saturated carbocycles. The van der Waals surface area contributed by atoms with E-state index in [9.17, 15) is 4.79 Å². The van der Waals surface area contributed by atoms with Gasteiger partial charge in [-0.05, 0) is 43.3 Å². The Morgan fingerprint density at radius 2 is 1.71 bits per heavy atom. The molecule has 4 heteroatoms. The molecule has 6 rings (SSSR count). The first-order chi connectivity index (χ1) is 16.7. The first-order valence-electron chi connectivity index (χ1n) is 11.2. The minimum Gasteiger partial charge on any atom is -0.294 e. The quantitative estimate of drug-likeness (QED) is 0.286. The molecule has 3 heterocycles. The highest BCUT2D eigenvalue weighted by atomic mass is 16.1. The Bertz CT molecular complexity index is 1690. The van der Waals surface area contributed by atoms with Crippen LogP contribution in [-0.4, -0.2) is 20.3 Å². The van der Waals surface area contributed by atoms with E-state index in [1.54, 1.807) is 12.3 Å². The van der Waals surface area contributed by atoms with E-state index in [4.69, 9.17) is 4.98 Å². The summed E-state index contributed by atoms with van der Waals surface area (Å²) in [4.78, 5) is 22.5. The fourth-order valence-corrected chi connectivity index (χ4v) is 4.84. The number of hydrogen-bond donors (Lipinski definition) is 0. The number of carbonyl (C=O) groups excluding carboxylic acids is 1. The lowest BCUT2D eigenvalue weighted by Gasteiger charge is -2.10. The third-order valence-electron chi connectivity index (χ3n) is 6.35. The van der Waals surface area contributed by atoms with E-state index in [2.05, 4.69) is 52.5 Å². The van der Waals surface area contributed by atoms with Crippen molar-refractivity contribution in [3.63, 3.8) is 0 Å². The number of nitrogens with zero attached hydrogens (tertiary/aromatic N) is 3. The SMILES string of the molecule is C=C/C=C1\C(=C/C)C(=O)c2ccc(-n3c4ccccc4c4ccc(-c5ccccn5)cc43)nc21. The summed E-state index contributed by atoms with van der Waals surface area (Å²) < 4.78 is 2.17. The maximum absolute atomic E-state index is 12.9. The standard InChI is InChI=1S/C30H21N3O/c1-3-9-23-20(4-2)30(34)24-15-16-28(32-29(23)24)33-26-12-6-5-10-21(26)22-14-13-19(18-27(22)33)25-11-7-8-17-31-25/h3-18H,1H2,2H3/b20-4+,23-9+. The highest BCUT2D eigenvalue weighted by Crippen LogP contribution is 2.38. The first-order valence-corrected chi connectivity index (χ1v) is 11.2. The lowest BCUT2D eigenvalue weighted by atomic mass is 10.1. The van der Waals surface area contributed by atoms with Crippen LogP contribution in [0.3, 0.4) is 0 Å². The van der Waals surface area contributed by atoms with Crippen LogP contribution in [-0.2, 0) is 0 Å². The van der Waals surface area contributed by atoms with Gasteiger partial charge in [0.05, 0.1) is 22.4 Å². The predicted molar refractivity (Wildman–Crippen MR) is 138 cm³/mol. The van der Waals surface area contributed by atoms with Gasteiger partial charge in [0.1, 0.15) is 5.82 Å². The van der Waals surface area contributed by atoms with Crippen LogP contribution in [0.25, 0.3) is 44.5 Å². The molecule has 0 radical (unpaired) electrons. The topological polar surface area (TPSA) is 47.8 Å². The van der Waals surface area contributed by atoms with Crippen molar-refractivity contribution in [2.75, 3.05) is 0 Å². The van der Waals surface area contributed by atoms with Gasteiger partial charge in [0, 0.05) is 39.2 Å². The van der Waals surface area contributed by atoms with E-state index in [0.717, 1.165) is 44.5 Å². The zero-order chi connectivity index (χ0) is 23.2. The van der Waals surface area contributed by atoms with Crippen LogP contribution >= 0.6 is 0 Å². The Morgan fingerprint density at radius 1 is 0.882 bits per heavy atom. The van der Waals surface area contributed by atoms with E-state index in [-0.39, 0.29) is 5.78 Å². The fourth-order valence-electron chi connectivity index (χ4n) is 4.84. The molecule has 1 aliphatic carbocycles. The highest BCUT2D eigenvalue weighted by Gasteiger charge is 2.31. The Balaban J connectivity index is 1.65. The summed E-state index contributed by atoms with van der Waals surface area (Å²) in [6.45, 7) is 5.71. The van der Waals surface area contributed by atoms with E-state index in [1.165, 1.54) is 0 Å². The number of carbonyl (C=O) groups is 1. The van der Waals surface area contributed by atoms with E-state index >= 15 is 0 Å². The molecule has 3 aromatic heterocycles. The molecule has 1 aliphatic rings. The molecule has 0 spiro atoms. The molecule has 0 N–H and O–H groups in total. The van der Waals surface area contributed by atoms with Crippen LogP contribution in [0.1, 0.15) is 23.0 Å². The third-order valence-corrected chi connectivity index (χ3v) is 6.35. The molecule has 0 unspecified atom stereocenters. The number of benzene rings is 2. The summed E-state index contributed by atoms with van der Waals surface area (Å²) in [6.07, 6.45) is 7.22. The Morgan fingerprint density at radius 3 is 2.50 bits per heavy atom. The third kappa shape index (κ3) is 2.89. The summed E-state index contributed by atoms with van der Waals surface area (Å²) in [5, 5.41) is 2.30. The fraction of sp³-hybridized carbons (Fsp3) is 0.0333. The van der Waals surface area contributed by atoms with Gasteiger partial charge in [-0.2, -0.15) is 0 Å². The molecule has 0 aliphatic heterocycles. The second kappa shape index (κ2) is 7.78. The average Bonchev–Trinajstić information content (AvgIpc) is 3.35. The van der Waals surface area contributed by atoms with Crippen LogP contribution in [0.15, 0.2) is 109 Å². The van der Waals surface area contributed by atoms with Gasteiger partial charge in [-0.1, -0.05) is 61.2 Å². The molecule has 0 bridgehead atoms. The predicted octanol–water partition coefficient (Wildman–Crippen LogP) is 6.95. The lowest BCUT2D eigenvalue weighted by Crippen LogP contribution is -2.01. The van der Waals surface area contributed by atoms with Crippen molar-refractivity contribution in [2.24, 2.45) is 0 Å². The number of allylic oxidation sites excluding steroid dienone is 5. The van der Waals surface area contributed by atoms with Crippen molar-refractivity contribution in [3.8, 4) is 17.1 Å². The van der Waals surface area contributed by atoms with Crippen LogP contribution in [0.4, 0.5) is 0 Å². The Labute approximate surface area is 197 Å². The first kappa shape index (κ1) is 20.1. The second-order valence-corrected chi connectivity index (χ2v) is 8.21. The maximum atomic E-state index is 12.9.